The minimum Gasteiger partial charge on any atom is -0.496 e. The molecule has 1 aliphatic rings. The molecule has 0 saturated heterocycles. The molecule has 0 unspecified atom stereocenters. The molecule has 3 heterocycles. The Morgan fingerprint density at radius 3 is 2.69 bits per heavy atom. The quantitative estimate of drug-likeness (QED) is 0.323. The molecule has 5 rings (SSSR count). The summed E-state index contributed by atoms with van der Waals surface area (Å²) in [6.45, 7) is 4.13. The molecule has 0 bridgehead atoms. The summed E-state index contributed by atoms with van der Waals surface area (Å²) in [6, 6.07) is 9.65. The molecule has 0 N–H and O–H groups in total. The van der Waals surface area contributed by atoms with E-state index in [0.29, 0.717) is 34.4 Å². The molecule has 0 atom stereocenters. The summed E-state index contributed by atoms with van der Waals surface area (Å²) >= 11 is 0. The fourth-order valence-corrected chi connectivity index (χ4v) is 4.34. The van der Waals surface area contributed by atoms with Crippen molar-refractivity contribution >= 4 is 11.5 Å². The Morgan fingerprint density at radius 2 is 2.00 bits per heavy atom. The molecular weight excluding hydrogens is 454 g/mol. The predicted octanol–water partition coefficient (Wildman–Crippen LogP) is 4.48. The van der Waals surface area contributed by atoms with E-state index < -0.39 is 0 Å². The number of anilines is 1. The molecule has 36 heavy (non-hydrogen) atoms. The van der Waals surface area contributed by atoms with E-state index in [0.717, 1.165) is 17.1 Å². The molecule has 1 aliphatic carbocycles. The highest BCUT2D eigenvalue weighted by Gasteiger charge is 2.27. The van der Waals surface area contributed by atoms with Gasteiger partial charge in [0.15, 0.2) is 11.6 Å². The Hall–Kier alpha value is -4.01. The van der Waals surface area contributed by atoms with Gasteiger partial charge in [0.2, 0.25) is 0 Å². The van der Waals surface area contributed by atoms with Gasteiger partial charge in [0.1, 0.15) is 17.8 Å². The topological polar surface area (TPSA) is 91.0 Å². The normalized spacial score (nSPS) is 13.3. The molecule has 1 aromatic carbocycles. The number of carbonyl (C=O) groups excluding carboxylic acids is 1. The van der Waals surface area contributed by atoms with E-state index in [1.165, 1.54) is 12.8 Å². The molecule has 3 aromatic heterocycles. The van der Waals surface area contributed by atoms with E-state index in [2.05, 4.69) is 35.2 Å². The summed E-state index contributed by atoms with van der Waals surface area (Å²) in [5, 5.41) is 8.27. The minimum atomic E-state index is -0.0732. The number of carbonyl (C=O) groups is 1. The van der Waals surface area contributed by atoms with Crippen LogP contribution in [-0.2, 0) is 6.42 Å². The van der Waals surface area contributed by atoms with Crippen molar-refractivity contribution in [3.63, 3.8) is 0 Å². The number of benzene rings is 1. The summed E-state index contributed by atoms with van der Waals surface area (Å²) in [6.07, 6.45) is 8.09. The molecule has 0 radical (unpaired) electrons. The number of pyridine rings is 1. The zero-order valence-electron chi connectivity index (χ0n) is 21.3. The molecule has 0 amide bonds. The molecule has 9 heteroatoms. The van der Waals surface area contributed by atoms with Gasteiger partial charge < -0.3 is 18.8 Å². The standard InChI is InChI=1S/C27H31N7O2/c1-17(2)34-16-29-31-27(34)21-8-6-7-19(30-21)11-25(35)20-12-24(23(32(3)4)13-26(20)36-5)33-14-22(28-15-33)18-9-10-18/h6-8,12-18H,9-11H2,1-5H3. The molecule has 1 saturated carbocycles. The van der Waals surface area contributed by atoms with Crippen LogP contribution in [0.3, 0.4) is 0 Å². The number of ketones is 1. The van der Waals surface area contributed by atoms with Crippen LogP contribution in [0.4, 0.5) is 5.69 Å². The highest BCUT2D eigenvalue weighted by molar-refractivity contribution is 6.01. The molecular formula is C27H31N7O2. The molecule has 4 aromatic rings. The lowest BCUT2D eigenvalue weighted by Gasteiger charge is -2.21. The van der Waals surface area contributed by atoms with Crippen LogP contribution in [-0.4, -0.2) is 56.3 Å². The van der Waals surface area contributed by atoms with Crippen LogP contribution in [0.2, 0.25) is 0 Å². The number of nitrogens with zero attached hydrogens (tertiary/aromatic N) is 7. The zero-order chi connectivity index (χ0) is 25.4. The molecule has 1 fully saturated rings. The monoisotopic (exact) mass is 485 g/mol. The maximum absolute atomic E-state index is 13.6. The van der Waals surface area contributed by atoms with Crippen molar-refractivity contribution in [3.05, 3.63) is 66.1 Å². The Bertz CT molecular complexity index is 1400. The second-order valence-electron chi connectivity index (χ2n) is 9.69. The van der Waals surface area contributed by atoms with E-state index in [-0.39, 0.29) is 18.2 Å². The fraction of sp³-hybridized carbons (Fsp3) is 0.370. The van der Waals surface area contributed by atoms with Gasteiger partial charge in [0, 0.05) is 44.0 Å². The highest BCUT2D eigenvalue weighted by Crippen LogP contribution is 2.40. The number of rotatable bonds is 9. The van der Waals surface area contributed by atoms with Gasteiger partial charge in [-0.05, 0) is 44.9 Å². The number of Topliss-reactive ketones (excluding diaryl/α,β-unsaturated/α-hetero) is 1. The maximum atomic E-state index is 13.6. The van der Waals surface area contributed by atoms with E-state index in [4.69, 9.17) is 9.72 Å². The van der Waals surface area contributed by atoms with E-state index >= 15 is 0 Å². The third kappa shape index (κ3) is 4.60. The smallest absolute Gasteiger partial charge is 0.182 e. The van der Waals surface area contributed by atoms with Gasteiger partial charge in [-0.3, -0.25) is 4.79 Å². The van der Waals surface area contributed by atoms with E-state index in [1.54, 1.807) is 13.4 Å². The summed E-state index contributed by atoms with van der Waals surface area (Å²) < 4.78 is 9.61. The van der Waals surface area contributed by atoms with Crippen LogP contribution in [0, 0.1) is 0 Å². The van der Waals surface area contributed by atoms with Gasteiger partial charge in [-0.1, -0.05) is 6.07 Å². The number of methoxy groups -OCH3 is 1. The van der Waals surface area contributed by atoms with Crippen molar-refractivity contribution in [1.29, 1.82) is 0 Å². The van der Waals surface area contributed by atoms with Crippen molar-refractivity contribution in [2.75, 3.05) is 26.1 Å². The number of hydrogen-bond acceptors (Lipinski definition) is 7. The van der Waals surface area contributed by atoms with Gasteiger partial charge in [0.05, 0.1) is 42.5 Å². The van der Waals surface area contributed by atoms with Crippen molar-refractivity contribution in [2.45, 2.75) is 45.1 Å². The van der Waals surface area contributed by atoms with Crippen LogP contribution >= 0.6 is 0 Å². The van der Waals surface area contributed by atoms with Gasteiger partial charge in [-0.15, -0.1) is 10.2 Å². The van der Waals surface area contributed by atoms with Crippen molar-refractivity contribution in [2.24, 2.45) is 0 Å². The molecule has 186 valence electrons. The third-order valence-electron chi connectivity index (χ3n) is 6.46. The van der Waals surface area contributed by atoms with Crippen molar-refractivity contribution < 1.29 is 9.53 Å². The van der Waals surface area contributed by atoms with Crippen LogP contribution in [0.15, 0.2) is 49.2 Å². The van der Waals surface area contributed by atoms with E-state index in [1.807, 2.05) is 64.8 Å². The lowest BCUT2D eigenvalue weighted by molar-refractivity contribution is 0.0989. The molecule has 9 nitrogen and oxygen atoms in total. The highest BCUT2D eigenvalue weighted by atomic mass is 16.5. The van der Waals surface area contributed by atoms with Gasteiger partial charge in [0.25, 0.3) is 0 Å². The van der Waals surface area contributed by atoms with Crippen molar-refractivity contribution in [1.82, 2.24) is 29.3 Å². The van der Waals surface area contributed by atoms with Crippen LogP contribution in [0.1, 0.15) is 60.4 Å². The first-order chi connectivity index (χ1) is 17.4. The third-order valence-corrected chi connectivity index (χ3v) is 6.46. The first-order valence-corrected chi connectivity index (χ1v) is 12.2. The summed E-state index contributed by atoms with van der Waals surface area (Å²) in [5.41, 5.74) is 4.78. The van der Waals surface area contributed by atoms with Crippen LogP contribution < -0.4 is 9.64 Å². The molecule has 0 aliphatic heterocycles. The summed E-state index contributed by atoms with van der Waals surface area (Å²) in [7, 11) is 5.54. The second kappa shape index (κ2) is 9.56. The second-order valence-corrected chi connectivity index (χ2v) is 9.69. The number of hydrogen-bond donors (Lipinski definition) is 0. The Labute approximate surface area is 210 Å². The van der Waals surface area contributed by atoms with Gasteiger partial charge in [-0.2, -0.15) is 0 Å². The Balaban J connectivity index is 1.48. The Kier molecular flexibility index (Phi) is 6.30. The summed E-state index contributed by atoms with van der Waals surface area (Å²) in [5.74, 6) is 1.69. The fourth-order valence-electron chi connectivity index (χ4n) is 4.34. The number of ether oxygens (including phenoxy) is 1. The first-order valence-electron chi connectivity index (χ1n) is 12.2. The minimum absolute atomic E-state index is 0.0732. The first kappa shape index (κ1) is 23.7. The number of aromatic nitrogens is 6. The average molecular weight is 486 g/mol. The van der Waals surface area contributed by atoms with Gasteiger partial charge in [-0.25, -0.2) is 9.97 Å². The SMILES string of the molecule is COc1cc(N(C)C)c(-n2cnc(C3CC3)c2)cc1C(=O)Cc1cccc(-c2nncn2C(C)C)n1. The lowest BCUT2D eigenvalue weighted by Crippen LogP contribution is -2.15. The summed E-state index contributed by atoms with van der Waals surface area (Å²) in [4.78, 5) is 24.9. The van der Waals surface area contributed by atoms with Gasteiger partial charge >= 0.3 is 0 Å². The predicted molar refractivity (Wildman–Crippen MR) is 138 cm³/mol. The van der Waals surface area contributed by atoms with Crippen LogP contribution in [0.5, 0.6) is 5.75 Å². The zero-order valence-corrected chi connectivity index (χ0v) is 21.3. The average Bonchev–Trinajstić information content (AvgIpc) is 3.38. The lowest BCUT2D eigenvalue weighted by atomic mass is 10.0. The maximum Gasteiger partial charge on any atom is 0.182 e. The van der Waals surface area contributed by atoms with Crippen molar-refractivity contribution in [3.8, 4) is 23.0 Å². The molecule has 0 spiro atoms. The van der Waals surface area contributed by atoms with E-state index in [9.17, 15) is 4.79 Å². The Morgan fingerprint density at radius 1 is 1.19 bits per heavy atom. The van der Waals surface area contributed by atoms with Crippen LogP contribution in [0.25, 0.3) is 17.2 Å². The number of imidazole rings is 1. The largest absolute Gasteiger partial charge is 0.496 e.